The molecule has 2 rings (SSSR count). The van der Waals surface area contributed by atoms with E-state index in [2.05, 4.69) is 85.4 Å². The van der Waals surface area contributed by atoms with Gasteiger partial charge in [-0.3, -0.25) is 0 Å². The minimum atomic E-state index is 0.134. The number of rotatable bonds is 6. The second-order valence-electron chi connectivity index (χ2n) is 4.62. The lowest BCUT2D eigenvalue weighted by atomic mass is 10.1. The Balaban J connectivity index is 2.44. The van der Waals surface area contributed by atoms with Crippen LogP contribution in [-0.4, -0.2) is 16.1 Å². The van der Waals surface area contributed by atoms with Crippen molar-refractivity contribution >= 4 is 38.5 Å². The fourth-order valence-electron chi connectivity index (χ4n) is 2.21. The Morgan fingerprint density at radius 1 is 1.40 bits per heavy atom. The van der Waals surface area contributed by atoms with Crippen molar-refractivity contribution in [3.05, 3.63) is 50.0 Å². The lowest BCUT2D eigenvalue weighted by Crippen LogP contribution is -2.27. The third kappa shape index (κ3) is 3.62. The zero-order chi connectivity index (χ0) is 14.5. The molecular weight excluding hydrogens is 429 g/mol. The van der Waals surface area contributed by atoms with Crippen LogP contribution >= 0.6 is 38.5 Å². The molecule has 3 nitrogen and oxygen atoms in total. The Bertz CT molecular complexity index is 568. The average Bonchev–Trinajstić information content (AvgIpc) is 2.91. The summed E-state index contributed by atoms with van der Waals surface area (Å²) in [6, 6.07) is 6.53. The average molecular weight is 448 g/mol. The van der Waals surface area contributed by atoms with Gasteiger partial charge in [0.2, 0.25) is 0 Å². The van der Waals surface area contributed by atoms with E-state index in [4.69, 9.17) is 0 Å². The van der Waals surface area contributed by atoms with Gasteiger partial charge in [0, 0.05) is 27.0 Å². The minimum absolute atomic E-state index is 0.134. The highest BCUT2D eigenvalue weighted by Gasteiger charge is 2.20. The molecule has 0 radical (unpaired) electrons. The standard InChI is InChI=1S/C15H19BrIN3/c1-3-7-18-14(15-19-8-9-20(15)4-2)12-10-11(16)5-6-13(12)17/h5-6,8-10,14,18H,3-4,7H2,1-2H3. The highest BCUT2D eigenvalue weighted by molar-refractivity contribution is 14.1. The van der Waals surface area contributed by atoms with E-state index in [0.717, 1.165) is 29.8 Å². The van der Waals surface area contributed by atoms with Crippen molar-refractivity contribution in [2.75, 3.05) is 6.54 Å². The van der Waals surface area contributed by atoms with Crippen LogP contribution in [0.25, 0.3) is 0 Å². The van der Waals surface area contributed by atoms with Gasteiger partial charge < -0.3 is 9.88 Å². The van der Waals surface area contributed by atoms with Crippen LogP contribution in [0.3, 0.4) is 0 Å². The molecule has 0 amide bonds. The number of aryl methyl sites for hydroxylation is 1. The largest absolute Gasteiger partial charge is 0.334 e. The summed E-state index contributed by atoms with van der Waals surface area (Å²) in [6.45, 7) is 6.24. The monoisotopic (exact) mass is 447 g/mol. The Labute approximate surface area is 142 Å². The van der Waals surface area contributed by atoms with Crippen LogP contribution in [0, 0.1) is 3.57 Å². The van der Waals surface area contributed by atoms with Crippen LogP contribution in [0.5, 0.6) is 0 Å². The molecule has 0 aliphatic heterocycles. The van der Waals surface area contributed by atoms with Gasteiger partial charge in [-0.05, 0) is 66.2 Å². The molecule has 0 bridgehead atoms. The summed E-state index contributed by atoms with van der Waals surface area (Å²) in [6.07, 6.45) is 5.03. The van der Waals surface area contributed by atoms with Crippen LogP contribution in [-0.2, 0) is 6.54 Å². The van der Waals surface area contributed by atoms with Crippen molar-refractivity contribution in [3.8, 4) is 0 Å². The molecule has 1 atom stereocenters. The van der Waals surface area contributed by atoms with Crippen molar-refractivity contribution < 1.29 is 0 Å². The minimum Gasteiger partial charge on any atom is -0.334 e. The normalized spacial score (nSPS) is 12.6. The second kappa shape index (κ2) is 7.56. The Morgan fingerprint density at radius 3 is 2.90 bits per heavy atom. The number of benzene rings is 1. The smallest absolute Gasteiger partial charge is 0.130 e. The first-order valence-electron chi connectivity index (χ1n) is 6.86. The molecule has 0 saturated heterocycles. The summed E-state index contributed by atoms with van der Waals surface area (Å²) in [5.41, 5.74) is 1.27. The van der Waals surface area contributed by atoms with E-state index in [1.165, 1.54) is 9.13 Å². The van der Waals surface area contributed by atoms with Gasteiger partial charge in [-0.2, -0.15) is 0 Å². The fourth-order valence-corrected chi connectivity index (χ4v) is 3.24. The molecule has 0 saturated carbocycles. The topological polar surface area (TPSA) is 29.9 Å². The highest BCUT2D eigenvalue weighted by atomic mass is 127. The maximum Gasteiger partial charge on any atom is 0.130 e. The van der Waals surface area contributed by atoms with Crippen LogP contribution in [0.2, 0.25) is 0 Å². The number of imidazole rings is 1. The van der Waals surface area contributed by atoms with E-state index in [0.29, 0.717) is 0 Å². The number of aromatic nitrogens is 2. The van der Waals surface area contributed by atoms with Crippen molar-refractivity contribution in [1.82, 2.24) is 14.9 Å². The van der Waals surface area contributed by atoms with Crippen LogP contribution < -0.4 is 5.32 Å². The van der Waals surface area contributed by atoms with E-state index in [1.54, 1.807) is 0 Å². The Morgan fingerprint density at radius 2 is 2.20 bits per heavy atom. The molecule has 0 spiro atoms. The maximum absolute atomic E-state index is 4.57. The molecule has 20 heavy (non-hydrogen) atoms. The summed E-state index contributed by atoms with van der Waals surface area (Å²) in [7, 11) is 0. The second-order valence-corrected chi connectivity index (χ2v) is 6.70. The Hall–Kier alpha value is -0.400. The summed E-state index contributed by atoms with van der Waals surface area (Å²) in [4.78, 5) is 4.57. The van der Waals surface area contributed by atoms with E-state index in [1.807, 2.05) is 12.4 Å². The first-order chi connectivity index (χ1) is 9.67. The van der Waals surface area contributed by atoms with Gasteiger partial charge in [0.15, 0.2) is 0 Å². The van der Waals surface area contributed by atoms with Gasteiger partial charge in [-0.1, -0.05) is 22.9 Å². The number of hydrogen-bond donors (Lipinski definition) is 1. The fraction of sp³-hybridized carbons (Fsp3) is 0.400. The molecule has 2 aromatic rings. The van der Waals surface area contributed by atoms with Crippen LogP contribution in [0.15, 0.2) is 35.1 Å². The molecular formula is C15H19BrIN3. The van der Waals surface area contributed by atoms with Crippen molar-refractivity contribution in [2.45, 2.75) is 32.9 Å². The Kier molecular flexibility index (Phi) is 6.04. The summed E-state index contributed by atoms with van der Waals surface area (Å²) >= 11 is 5.97. The van der Waals surface area contributed by atoms with E-state index in [9.17, 15) is 0 Å². The van der Waals surface area contributed by atoms with E-state index >= 15 is 0 Å². The molecule has 0 aliphatic rings. The molecule has 0 aliphatic carbocycles. The molecule has 1 aromatic heterocycles. The van der Waals surface area contributed by atoms with E-state index < -0.39 is 0 Å². The molecule has 1 heterocycles. The lowest BCUT2D eigenvalue weighted by molar-refractivity contribution is 0.540. The van der Waals surface area contributed by atoms with Gasteiger partial charge in [-0.25, -0.2) is 4.98 Å². The SMILES string of the molecule is CCCNC(c1cc(Br)ccc1I)c1nccn1CC. The van der Waals surface area contributed by atoms with Gasteiger partial charge in [0.1, 0.15) is 5.82 Å². The van der Waals surface area contributed by atoms with Crippen molar-refractivity contribution in [3.63, 3.8) is 0 Å². The molecule has 1 N–H and O–H groups in total. The van der Waals surface area contributed by atoms with E-state index in [-0.39, 0.29) is 6.04 Å². The summed E-state index contributed by atoms with van der Waals surface area (Å²) < 4.78 is 4.56. The van der Waals surface area contributed by atoms with Gasteiger partial charge in [-0.15, -0.1) is 0 Å². The van der Waals surface area contributed by atoms with Crippen molar-refractivity contribution in [1.29, 1.82) is 0 Å². The van der Waals surface area contributed by atoms with Crippen molar-refractivity contribution in [2.24, 2.45) is 0 Å². The predicted octanol–water partition coefficient (Wildman–Crippen LogP) is 4.36. The maximum atomic E-state index is 4.57. The van der Waals surface area contributed by atoms with Crippen LogP contribution in [0.1, 0.15) is 37.7 Å². The quantitative estimate of drug-likeness (QED) is 0.666. The molecule has 5 heteroatoms. The van der Waals surface area contributed by atoms with Gasteiger partial charge in [0.25, 0.3) is 0 Å². The van der Waals surface area contributed by atoms with Gasteiger partial charge >= 0.3 is 0 Å². The summed E-state index contributed by atoms with van der Waals surface area (Å²) in [5.74, 6) is 1.08. The third-order valence-electron chi connectivity index (χ3n) is 3.21. The first-order valence-corrected chi connectivity index (χ1v) is 8.73. The zero-order valence-electron chi connectivity index (χ0n) is 11.7. The third-order valence-corrected chi connectivity index (χ3v) is 4.69. The zero-order valence-corrected chi connectivity index (χ0v) is 15.5. The first kappa shape index (κ1) is 16.0. The number of halogens is 2. The number of hydrogen-bond acceptors (Lipinski definition) is 2. The van der Waals surface area contributed by atoms with Gasteiger partial charge in [0.05, 0.1) is 6.04 Å². The predicted molar refractivity (Wildman–Crippen MR) is 94.9 cm³/mol. The number of nitrogens with one attached hydrogen (secondary N) is 1. The van der Waals surface area contributed by atoms with Crippen LogP contribution in [0.4, 0.5) is 0 Å². The number of nitrogens with zero attached hydrogens (tertiary/aromatic N) is 2. The molecule has 108 valence electrons. The molecule has 1 aromatic carbocycles. The highest BCUT2D eigenvalue weighted by Crippen LogP contribution is 2.28. The lowest BCUT2D eigenvalue weighted by Gasteiger charge is -2.21. The summed E-state index contributed by atoms with van der Waals surface area (Å²) in [5, 5.41) is 3.62. The molecule has 1 unspecified atom stereocenters. The molecule has 0 fully saturated rings.